The number of halogens is 2. The Hall–Kier alpha value is -0.770. The summed E-state index contributed by atoms with van der Waals surface area (Å²) in [4.78, 5) is 11.3. The third kappa shape index (κ3) is 3.37. The molecule has 0 aliphatic heterocycles. The van der Waals surface area contributed by atoms with Crippen LogP contribution >= 0.6 is 23.2 Å². The van der Waals surface area contributed by atoms with Gasteiger partial charge in [-0.15, -0.1) is 0 Å². The van der Waals surface area contributed by atoms with Crippen molar-refractivity contribution < 1.29 is 15.3 Å². The maximum Gasteiger partial charge on any atom is 0.312 e. The fourth-order valence-electron chi connectivity index (χ4n) is 1.37. The maximum atomic E-state index is 11.3. The summed E-state index contributed by atoms with van der Waals surface area (Å²) in [5, 5.41) is 0.921. The molecular formula is C11H14Cl2NO2+. The first-order valence-corrected chi connectivity index (χ1v) is 5.74. The Labute approximate surface area is 104 Å². The summed E-state index contributed by atoms with van der Waals surface area (Å²) in [7, 11) is 0. The van der Waals surface area contributed by atoms with Crippen molar-refractivity contribution in [3.63, 3.8) is 0 Å². The van der Waals surface area contributed by atoms with E-state index >= 15 is 0 Å². The molecule has 1 rings (SSSR count). The van der Waals surface area contributed by atoms with Crippen molar-refractivity contribution in [1.29, 1.82) is 0 Å². The van der Waals surface area contributed by atoms with Gasteiger partial charge in [-0.25, -0.2) is 0 Å². The molecule has 0 aromatic heterocycles. The Balaban J connectivity index is 2.76. The second-order valence-corrected chi connectivity index (χ2v) is 4.13. The van der Waals surface area contributed by atoms with E-state index in [2.05, 4.69) is 5.73 Å². The first-order valence-electron chi connectivity index (χ1n) is 4.98. The van der Waals surface area contributed by atoms with Crippen LogP contribution in [0.25, 0.3) is 0 Å². The zero-order chi connectivity index (χ0) is 12.1. The topological polar surface area (TPSA) is 53.9 Å². The molecular weight excluding hydrogens is 249 g/mol. The third-order valence-electron chi connectivity index (χ3n) is 2.14. The Morgan fingerprint density at radius 3 is 2.81 bits per heavy atom. The smallest absolute Gasteiger partial charge is 0.312 e. The van der Waals surface area contributed by atoms with Crippen LogP contribution in [0.4, 0.5) is 0 Å². The molecule has 0 spiro atoms. The van der Waals surface area contributed by atoms with E-state index in [1.807, 2.05) is 6.07 Å². The van der Waals surface area contributed by atoms with Gasteiger partial charge in [0, 0.05) is 5.56 Å². The van der Waals surface area contributed by atoms with Crippen molar-refractivity contribution in [2.45, 2.75) is 19.4 Å². The fraction of sp³-hybridized carbons (Fsp3) is 0.364. The molecule has 1 aromatic carbocycles. The molecule has 0 heterocycles. The molecule has 0 bridgehead atoms. The molecule has 0 saturated carbocycles. The van der Waals surface area contributed by atoms with Crippen LogP contribution in [0.2, 0.25) is 10.0 Å². The number of carbonyl (C=O) groups excluding carboxylic acids is 1. The monoisotopic (exact) mass is 262 g/mol. The van der Waals surface area contributed by atoms with Crippen LogP contribution in [-0.4, -0.2) is 12.6 Å². The van der Waals surface area contributed by atoms with Crippen LogP contribution in [0.15, 0.2) is 18.2 Å². The highest BCUT2D eigenvalue weighted by Crippen LogP contribution is 2.29. The minimum atomic E-state index is -0.279. The Morgan fingerprint density at radius 1 is 1.50 bits per heavy atom. The van der Waals surface area contributed by atoms with E-state index in [9.17, 15) is 4.79 Å². The molecule has 0 aliphatic carbocycles. The second-order valence-electron chi connectivity index (χ2n) is 3.35. The highest BCUT2D eigenvalue weighted by molar-refractivity contribution is 6.42. The number of hydrogen-bond acceptors (Lipinski definition) is 2. The van der Waals surface area contributed by atoms with Gasteiger partial charge in [-0.05, 0) is 13.0 Å². The molecule has 0 saturated heterocycles. The number of esters is 1. The normalized spacial score (nSPS) is 12.2. The minimum absolute atomic E-state index is 0.202. The minimum Gasteiger partial charge on any atom is -0.466 e. The van der Waals surface area contributed by atoms with Crippen molar-refractivity contribution in [3.05, 3.63) is 33.8 Å². The number of quaternary nitrogens is 1. The van der Waals surface area contributed by atoms with E-state index in [-0.39, 0.29) is 18.4 Å². The van der Waals surface area contributed by atoms with Gasteiger partial charge in [-0.3, -0.25) is 4.79 Å². The van der Waals surface area contributed by atoms with Crippen LogP contribution in [0.1, 0.15) is 24.9 Å². The standard InChI is InChI=1S/C11H13Cl2NO2/c1-2-16-10(15)6-9(14)7-4-3-5-8(12)11(7)13/h3-5,9H,2,6,14H2,1H3/p+1/t9-/m1/s1. The lowest BCUT2D eigenvalue weighted by Gasteiger charge is -2.10. The second kappa shape index (κ2) is 6.09. The molecule has 5 heteroatoms. The van der Waals surface area contributed by atoms with Gasteiger partial charge in [0.1, 0.15) is 12.5 Å². The number of ether oxygens (including phenoxy) is 1. The molecule has 0 fully saturated rings. The van der Waals surface area contributed by atoms with E-state index < -0.39 is 0 Å². The summed E-state index contributed by atoms with van der Waals surface area (Å²) in [5.74, 6) is -0.279. The Kier molecular flexibility index (Phi) is 5.06. The molecule has 0 aliphatic rings. The summed E-state index contributed by atoms with van der Waals surface area (Å²) < 4.78 is 4.85. The summed E-state index contributed by atoms with van der Waals surface area (Å²) >= 11 is 11.9. The first kappa shape index (κ1) is 13.3. The third-order valence-corrected chi connectivity index (χ3v) is 2.97. The zero-order valence-corrected chi connectivity index (χ0v) is 10.5. The van der Waals surface area contributed by atoms with Crippen LogP contribution in [0.5, 0.6) is 0 Å². The number of rotatable bonds is 4. The molecule has 1 aromatic rings. The SMILES string of the molecule is CCOC(=O)C[C@@H]([NH3+])c1cccc(Cl)c1Cl. The van der Waals surface area contributed by atoms with Crippen LogP contribution in [0.3, 0.4) is 0 Å². The quantitative estimate of drug-likeness (QED) is 0.847. The van der Waals surface area contributed by atoms with Crippen LogP contribution in [0, 0.1) is 0 Å². The summed E-state index contributed by atoms with van der Waals surface area (Å²) in [6.07, 6.45) is 0.202. The summed E-state index contributed by atoms with van der Waals surface area (Å²) in [6.45, 7) is 2.14. The lowest BCUT2D eigenvalue weighted by molar-refractivity contribution is -0.425. The van der Waals surface area contributed by atoms with E-state index in [4.69, 9.17) is 27.9 Å². The van der Waals surface area contributed by atoms with Crippen molar-refractivity contribution in [2.24, 2.45) is 0 Å². The predicted molar refractivity (Wildman–Crippen MR) is 63.3 cm³/mol. The largest absolute Gasteiger partial charge is 0.466 e. The first-order chi connectivity index (χ1) is 7.56. The van der Waals surface area contributed by atoms with Gasteiger partial charge in [-0.2, -0.15) is 0 Å². The van der Waals surface area contributed by atoms with Gasteiger partial charge in [0.2, 0.25) is 0 Å². The number of carbonyl (C=O) groups is 1. The fourth-order valence-corrected chi connectivity index (χ4v) is 1.83. The van der Waals surface area contributed by atoms with Crippen molar-refractivity contribution in [3.8, 4) is 0 Å². The van der Waals surface area contributed by atoms with Crippen molar-refractivity contribution >= 4 is 29.2 Å². The summed E-state index contributed by atoms with van der Waals surface area (Å²) in [5.41, 5.74) is 4.65. The average molecular weight is 263 g/mol. The van der Waals surface area contributed by atoms with E-state index in [1.54, 1.807) is 19.1 Å². The van der Waals surface area contributed by atoms with E-state index in [1.165, 1.54) is 0 Å². The molecule has 88 valence electrons. The van der Waals surface area contributed by atoms with Crippen molar-refractivity contribution in [1.82, 2.24) is 0 Å². The molecule has 1 atom stereocenters. The van der Waals surface area contributed by atoms with E-state index in [0.717, 1.165) is 5.56 Å². The molecule has 3 N–H and O–H groups in total. The molecule has 0 amide bonds. The molecule has 3 nitrogen and oxygen atoms in total. The number of hydrogen-bond donors (Lipinski definition) is 1. The van der Waals surface area contributed by atoms with E-state index in [0.29, 0.717) is 16.7 Å². The Bertz CT molecular complexity index is 382. The highest BCUT2D eigenvalue weighted by Gasteiger charge is 2.19. The Morgan fingerprint density at radius 2 is 2.19 bits per heavy atom. The van der Waals surface area contributed by atoms with Gasteiger partial charge < -0.3 is 10.5 Å². The van der Waals surface area contributed by atoms with Gasteiger partial charge in [0.15, 0.2) is 0 Å². The van der Waals surface area contributed by atoms with Crippen molar-refractivity contribution in [2.75, 3.05) is 6.61 Å². The number of benzene rings is 1. The van der Waals surface area contributed by atoms with Crippen LogP contribution < -0.4 is 5.73 Å². The average Bonchev–Trinajstić information content (AvgIpc) is 2.22. The predicted octanol–water partition coefficient (Wildman–Crippen LogP) is 2.23. The van der Waals surface area contributed by atoms with Gasteiger partial charge in [0.05, 0.1) is 16.7 Å². The van der Waals surface area contributed by atoms with Gasteiger partial charge >= 0.3 is 5.97 Å². The zero-order valence-electron chi connectivity index (χ0n) is 9.00. The highest BCUT2D eigenvalue weighted by atomic mass is 35.5. The summed E-state index contributed by atoms with van der Waals surface area (Å²) in [6, 6.07) is 5.05. The van der Waals surface area contributed by atoms with Gasteiger partial charge in [-0.1, -0.05) is 35.3 Å². The maximum absolute atomic E-state index is 11.3. The molecule has 0 radical (unpaired) electrons. The lowest BCUT2D eigenvalue weighted by atomic mass is 10.0. The lowest BCUT2D eigenvalue weighted by Crippen LogP contribution is -2.54. The molecule has 16 heavy (non-hydrogen) atoms. The van der Waals surface area contributed by atoms with Crippen LogP contribution in [-0.2, 0) is 9.53 Å². The molecule has 0 unspecified atom stereocenters. The van der Waals surface area contributed by atoms with Gasteiger partial charge in [0.25, 0.3) is 0 Å².